The van der Waals surface area contributed by atoms with E-state index in [0.29, 0.717) is 16.6 Å². The van der Waals surface area contributed by atoms with Gasteiger partial charge >= 0.3 is 6.09 Å². The molecule has 0 saturated heterocycles. The van der Waals surface area contributed by atoms with Gasteiger partial charge in [-0.2, -0.15) is 5.10 Å². The molecule has 10 heteroatoms. The number of carbonyl (C=O) groups excluding carboxylic acids is 1. The van der Waals surface area contributed by atoms with Crippen molar-refractivity contribution in [3.8, 4) is 5.88 Å². The van der Waals surface area contributed by atoms with E-state index in [1.54, 1.807) is 37.1 Å². The van der Waals surface area contributed by atoms with E-state index < -0.39 is 6.09 Å². The summed E-state index contributed by atoms with van der Waals surface area (Å²) in [6, 6.07) is 3.39. The number of rotatable bonds is 4. The van der Waals surface area contributed by atoms with Crippen molar-refractivity contribution in [2.75, 3.05) is 10.6 Å². The lowest BCUT2D eigenvalue weighted by atomic mass is 10.5. The zero-order chi connectivity index (χ0) is 17.1. The van der Waals surface area contributed by atoms with E-state index in [1.807, 2.05) is 13.0 Å². The average Bonchev–Trinajstić information content (AvgIpc) is 3.06. The van der Waals surface area contributed by atoms with Crippen LogP contribution in [0.3, 0.4) is 0 Å². The molecule has 3 aromatic rings. The summed E-state index contributed by atoms with van der Waals surface area (Å²) < 4.78 is 6.96. The first-order chi connectivity index (χ1) is 11.5. The second-order valence-corrected chi connectivity index (χ2v) is 6.04. The van der Waals surface area contributed by atoms with E-state index in [9.17, 15) is 4.79 Å². The average molecular weight is 345 g/mol. The molecular weight excluding hydrogens is 330 g/mol. The van der Waals surface area contributed by atoms with Crippen molar-refractivity contribution in [2.45, 2.75) is 13.8 Å². The summed E-state index contributed by atoms with van der Waals surface area (Å²) in [5, 5.41) is 11.1. The number of hydrogen-bond donors (Lipinski definition) is 2. The molecule has 0 spiro atoms. The highest BCUT2D eigenvalue weighted by Gasteiger charge is 2.16. The van der Waals surface area contributed by atoms with Crippen LogP contribution in [0, 0.1) is 13.8 Å². The fraction of sp³-hybridized carbons (Fsp3) is 0.214. The molecule has 0 aliphatic heterocycles. The number of aryl methyl sites for hydroxylation is 3. The third-order valence-corrected chi connectivity index (χ3v) is 3.83. The van der Waals surface area contributed by atoms with Crippen LogP contribution in [0.5, 0.6) is 5.88 Å². The molecule has 9 nitrogen and oxygen atoms in total. The number of aromatic nitrogens is 5. The van der Waals surface area contributed by atoms with Crippen LogP contribution in [0.1, 0.15) is 10.8 Å². The predicted molar refractivity (Wildman–Crippen MR) is 89.8 cm³/mol. The molecule has 3 aromatic heterocycles. The van der Waals surface area contributed by atoms with Crippen LogP contribution in [-0.2, 0) is 7.05 Å². The number of hydrogen-bond acceptors (Lipinski definition) is 8. The van der Waals surface area contributed by atoms with Gasteiger partial charge in [0.1, 0.15) is 17.5 Å². The maximum Gasteiger partial charge on any atom is 0.419 e. The standard InChI is InChI=1S/C14H15N7O2S/c1-8-15-6-4-10(17-8)19-14(22)23-12-13(24-9(2)18-12)20-11-5-7-16-21(11)3/h4-7,20H,1-3H3,(H,15,17,19,22). The summed E-state index contributed by atoms with van der Waals surface area (Å²) in [5.41, 5.74) is 0. The van der Waals surface area contributed by atoms with Crippen LogP contribution >= 0.6 is 11.3 Å². The molecule has 0 bridgehead atoms. The normalized spacial score (nSPS) is 10.5. The van der Waals surface area contributed by atoms with E-state index in [-0.39, 0.29) is 5.88 Å². The number of thiazole rings is 1. The zero-order valence-corrected chi connectivity index (χ0v) is 14.1. The fourth-order valence-electron chi connectivity index (χ4n) is 1.91. The summed E-state index contributed by atoms with van der Waals surface area (Å²) in [6.07, 6.45) is 2.55. The maximum absolute atomic E-state index is 12.0. The quantitative estimate of drug-likeness (QED) is 0.748. The fourth-order valence-corrected chi connectivity index (χ4v) is 2.67. The van der Waals surface area contributed by atoms with Gasteiger partial charge in [-0.25, -0.2) is 19.7 Å². The van der Waals surface area contributed by atoms with Crippen LogP contribution < -0.4 is 15.4 Å². The Morgan fingerprint density at radius 3 is 2.79 bits per heavy atom. The van der Waals surface area contributed by atoms with Crippen molar-refractivity contribution < 1.29 is 9.53 Å². The van der Waals surface area contributed by atoms with Gasteiger partial charge in [-0.1, -0.05) is 11.3 Å². The van der Waals surface area contributed by atoms with Crippen molar-refractivity contribution in [3.05, 3.63) is 35.4 Å². The topological polar surface area (TPSA) is 107 Å². The smallest absolute Gasteiger partial charge is 0.388 e. The summed E-state index contributed by atoms with van der Waals surface area (Å²) in [7, 11) is 1.81. The molecule has 1 amide bonds. The Bertz CT molecular complexity index is 874. The molecule has 0 aliphatic rings. The molecule has 0 atom stereocenters. The minimum atomic E-state index is -0.675. The van der Waals surface area contributed by atoms with Gasteiger partial charge in [0.2, 0.25) is 0 Å². The summed E-state index contributed by atoms with van der Waals surface area (Å²) in [5.74, 6) is 1.87. The van der Waals surface area contributed by atoms with Crippen LogP contribution in [0.2, 0.25) is 0 Å². The Hall–Kier alpha value is -3.01. The van der Waals surface area contributed by atoms with E-state index in [0.717, 1.165) is 10.8 Å². The Morgan fingerprint density at radius 2 is 2.08 bits per heavy atom. The third-order valence-electron chi connectivity index (χ3n) is 2.96. The minimum absolute atomic E-state index is 0.196. The van der Waals surface area contributed by atoms with Gasteiger partial charge in [-0.05, 0) is 19.9 Å². The van der Waals surface area contributed by atoms with Crippen molar-refractivity contribution in [1.82, 2.24) is 24.7 Å². The molecule has 124 valence electrons. The van der Waals surface area contributed by atoms with Crippen LogP contribution in [0.4, 0.5) is 21.4 Å². The lowest BCUT2D eigenvalue weighted by Crippen LogP contribution is -2.18. The van der Waals surface area contributed by atoms with Crippen LogP contribution in [0.25, 0.3) is 0 Å². The third kappa shape index (κ3) is 3.66. The lowest BCUT2D eigenvalue weighted by molar-refractivity contribution is 0.213. The Kier molecular flexibility index (Phi) is 4.38. The largest absolute Gasteiger partial charge is 0.419 e. The van der Waals surface area contributed by atoms with Gasteiger partial charge in [0.05, 0.1) is 11.2 Å². The summed E-state index contributed by atoms with van der Waals surface area (Å²) in [6.45, 7) is 3.56. The number of ether oxygens (including phenoxy) is 1. The summed E-state index contributed by atoms with van der Waals surface area (Å²) >= 11 is 1.38. The van der Waals surface area contributed by atoms with Gasteiger partial charge in [-0.3, -0.25) is 10.00 Å². The summed E-state index contributed by atoms with van der Waals surface area (Å²) in [4.78, 5) is 24.3. The number of anilines is 3. The maximum atomic E-state index is 12.0. The Balaban J connectivity index is 1.73. The van der Waals surface area contributed by atoms with E-state index in [4.69, 9.17) is 4.74 Å². The first-order valence-electron chi connectivity index (χ1n) is 7.02. The molecule has 3 heterocycles. The number of nitrogens with one attached hydrogen (secondary N) is 2. The van der Waals surface area contributed by atoms with Crippen molar-refractivity contribution in [1.29, 1.82) is 0 Å². The number of carbonyl (C=O) groups is 1. The second kappa shape index (κ2) is 6.62. The molecule has 2 N–H and O–H groups in total. The highest BCUT2D eigenvalue weighted by Crippen LogP contribution is 2.33. The molecule has 0 fully saturated rings. The van der Waals surface area contributed by atoms with E-state index in [1.165, 1.54) is 11.3 Å². The van der Waals surface area contributed by atoms with Crippen molar-refractivity contribution >= 4 is 34.1 Å². The van der Waals surface area contributed by atoms with Gasteiger partial charge in [0.25, 0.3) is 5.88 Å². The van der Waals surface area contributed by atoms with E-state index >= 15 is 0 Å². The monoisotopic (exact) mass is 345 g/mol. The Labute approximate surface area is 141 Å². The molecule has 3 rings (SSSR count). The first-order valence-corrected chi connectivity index (χ1v) is 7.84. The molecule has 0 radical (unpaired) electrons. The SMILES string of the molecule is Cc1nccc(NC(=O)Oc2nc(C)sc2Nc2ccnn2C)n1. The molecule has 0 unspecified atom stereocenters. The molecule has 0 aromatic carbocycles. The molecular formula is C14H15N7O2S. The van der Waals surface area contributed by atoms with Crippen LogP contribution in [0.15, 0.2) is 24.5 Å². The molecule has 0 saturated carbocycles. The van der Waals surface area contributed by atoms with Gasteiger partial charge in [0.15, 0.2) is 5.00 Å². The highest BCUT2D eigenvalue weighted by molar-refractivity contribution is 7.16. The van der Waals surface area contributed by atoms with Gasteiger partial charge in [-0.15, -0.1) is 0 Å². The number of amides is 1. The second-order valence-electron chi connectivity index (χ2n) is 4.84. The van der Waals surface area contributed by atoms with Gasteiger partial charge in [0, 0.05) is 19.3 Å². The van der Waals surface area contributed by atoms with Gasteiger partial charge < -0.3 is 10.1 Å². The zero-order valence-electron chi connectivity index (χ0n) is 13.3. The Morgan fingerprint density at radius 1 is 1.25 bits per heavy atom. The molecule has 24 heavy (non-hydrogen) atoms. The van der Waals surface area contributed by atoms with E-state index in [2.05, 4.69) is 30.7 Å². The molecule has 0 aliphatic carbocycles. The predicted octanol–water partition coefficient (Wildman–Crippen LogP) is 2.64. The first kappa shape index (κ1) is 15.9. The number of nitrogens with zero attached hydrogens (tertiary/aromatic N) is 5. The van der Waals surface area contributed by atoms with Crippen molar-refractivity contribution in [2.24, 2.45) is 7.05 Å². The van der Waals surface area contributed by atoms with Crippen molar-refractivity contribution in [3.63, 3.8) is 0 Å². The van der Waals surface area contributed by atoms with Crippen LogP contribution in [-0.4, -0.2) is 30.8 Å². The minimum Gasteiger partial charge on any atom is -0.388 e. The lowest BCUT2D eigenvalue weighted by Gasteiger charge is -2.07. The highest BCUT2D eigenvalue weighted by atomic mass is 32.1.